The van der Waals surface area contributed by atoms with Crippen molar-refractivity contribution in [3.05, 3.63) is 11.1 Å². The van der Waals surface area contributed by atoms with E-state index in [1.807, 2.05) is 0 Å². The fourth-order valence-corrected chi connectivity index (χ4v) is 3.72. The van der Waals surface area contributed by atoms with Gasteiger partial charge in [-0.2, -0.15) is 0 Å². The third-order valence-electron chi connectivity index (χ3n) is 4.94. The van der Waals surface area contributed by atoms with E-state index in [9.17, 15) is 4.79 Å². The molecule has 2 bridgehead atoms. The van der Waals surface area contributed by atoms with Crippen LogP contribution in [0.5, 0.6) is 0 Å². The number of amides is 2. The van der Waals surface area contributed by atoms with Gasteiger partial charge < -0.3 is 10.2 Å². The van der Waals surface area contributed by atoms with Gasteiger partial charge in [0, 0.05) is 18.6 Å². The van der Waals surface area contributed by atoms with Crippen LogP contribution in [0.25, 0.3) is 0 Å². The molecule has 0 spiro atoms. The predicted molar refractivity (Wildman–Crippen MR) is 77.0 cm³/mol. The van der Waals surface area contributed by atoms with Crippen molar-refractivity contribution in [1.29, 1.82) is 0 Å². The Bertz CT molecular complexity index is 378. The van der Waals surface area contributed by atoms with Crippen molar-refractivity contribution < 1.29 is 4.79 Å². The van der Waals surface area contributed by atoms with Crippen LogP contribution in [0.15, 0.2) is 11.1 Å². The van der Waals surface area contributed by atoms with Gasteiger partial charge in [0.25, 0.3) is 0 Å². The van der Waals surface area contributed by atoms with Gasteiger partial charge in [-0.15, -0.1) is 0 Å². The lowest BCUT2D eigenvalue weighted by Gasteiger charge is -2.38. The summed E-state index contributed by atoms with van der Waals surface area (Å²) >= 11 is 0. The Hall–Kier alpha value is -0.990. The smallest absolute Gasteiger partial charge is 0.317 e. The van der Waals surface area contributed by atoms with Gasteiger partial charge in [-0.25, -0.2) is 4.79 Å². The summed E-state index contributed by atoms with van der Waals surface area (Å²) in [5.74, 6) is 0.527. The zero-order chi connectivity index (χ0) is 13.4. The van der Waals surface area contributed by atoms with Crippen LogP contribution in [0.2, 0.25) is 0 Å². The quantitative estimate of drug-likeness (QED) is 0.759. The van der Waals surface area contributed by atoms with E-state index >= 15 is 0 Å². The van der Waals surface area contributed by atoms with Crippen LogP contribution in [0.1, 0.15) is 58.8 Å². The van der Waals surface area contributed by atoms with Crippen LogP contribution in [-0.2, 0) is 0 Å². The van der Waals surface area contributed by atoms with Gasteiger partial charge in [-0.3, -0.25) is 0 Å². The molecule has 3 aliphatic rings. The van der Waals surface area contributed by atoms with Crippen molar-refractivity contribution in [1.82, 2.24) is 10.2 Å². The normalized spacial score (nSPS) is 29.7. The number of rotatable bonds is 2. The van der Waals surface area contributed by atoms with Gasteiger partial charge in [0.1, 0.15) is 0 Å². The van der Waals surface area contributed by atoms with E-state index in [0.717, 1.165) is 19.4 Å². The second-order valence-electron chi connectivity index (χ2n) is 6.84. The summed E-state index contributed by atoms with van der Waals surface area (Å²) in [6, 6.07) is 1.14. The summed E-state index contributed by atoms with van der Waals surface area (Å²) in [5, 5.41) is 3.10. The third kappa shape index (κ3) is 2.52. The monoisotopic (exact) mass is 262 g/mol. The van der Waals surface area contributed by atoms with Crippen molar-refractivity contribution in [2.75, 3.05) is 6.54 Å². The van der Waals surface area contributed by atoms with E-state index in [-0.39, 0.29) is 6.03 Å². The molecule has 2 unspecified atom stereocenters. The summed E-state index contributed by atoms with van der Waals surface area (Å²) in [4.78, 5) is 14.5. The second-order valence-corrected chi connectivity index (χ2v) is 6.84. The fraction of sp³-hybridized carbons (Fsp3) is 0.812. The number of allylic oxidation sites excluding steroid dienone is 1. The van der Waals surface area contributed by atoms with Crippen LogP contribution in [0.3, 0.4) is 0 Å². The van der Waals surface area contributed by atoms with Crippen molar-refractivity contribution in [3.8, 4) is 0 Å². The maximum atomic E-state index is 12.3. The molecule has 1 N–H and O–H groups in total. The minimum absolute atomic E-state index is 0.179. The number of piperidine rings is 1. The topological polar surface area (TPSA) is 32.3 Å². The summed E-state index contributed by atoms with van der Waals surface area (Å²) in [5.41, 5.74) is 3.42. The Kier molecular flexibility index (Phi) is 3.55. The van der Waals surface area contributed by atoms with E-state index in [2.05, 4.69) is 24.1 Å². The van der Waals surface area contributed by atoms with Gasteiger partial charge in [0.05, 0.1) is 0 Å². The zero-order valence-corrected chi connectivity index (χ0v) is 12.2. The van der Waals surface area contributed by atoms with Gasteiger partial charge in [0.2, 0.25) is 0 Å². The van der Waals surface area contributed by atoms with Crippen LogP contribution in [-0.4, -0.2) is 29.6 Å². The zero-order valence-electron chi connectivity index (χ0n) is 12.2. The molecule has 0 aromatic heterocycles. The molecule has 2 heterocycles. The summed E-state index contributed by atoms with van der Waals surface area (Å²) < 4.78 is 0. The first-order valence-corrected chi connectivity index (χ1v) is 7.91. The molecule has 2 saturated heterocycles. The molecule has 0 aromatic carbocycles. The number of hydrogen-bond acceptors (Lipinski definition) is 1. The number of urea groups is 1. The van der Waals surface area contributed by atoms with E-state index in [4.69, 9.17) is 0 Å². The van der Waals surface area contributed by atoms with E-state index in [0.29, 0.717) is 18.0 Å². The molecule has 1 saturated carbocycles. The summed E-state index contributed by atoms with van der Waals surface area (Å²) in [6.07, 6.45) is 8.75. The lowest BCUT2D eigenvalue weighted by atomic mass is 9.82. The first-order valence-electron chi connectivity index (χ1n) is 7.91. The molecule has 3 fully saturated rings. The van der Waals surface area contributed by atoms with Gasteiger partial charge >= 0.3 is 6.03 Å². The molecule has 106 valence electrons. The number of nitrogens with zero attached hydrogens (tertiary/aromatic N) is 1. The molecule has 2 aliphatic heterocycles. The number of carbonyl (C=O) groups is 1. The number of nitrogens with one attached hydrogen (secondary N) is 1. The minimum atomic E-state index is 0.179. The van der Waals surface area contributed by atoms with E-state index in [1.165, 1.54) is 32.1 Å². The highest BCUT2D eigenvalue weighted by atomic mass is 16.2. The summed E-state index contributed by atoms with van der Waals surface area (Å²) in [7, 11) is 0. The SMILES string of the molecule is CC(C)CNC(=O)N1C2CCC1CC(=C1CCC1)C2. The van der Waals surface area contributed by atoms with Crippen molar-refractivity contribution in [3.63, 3.8) is 0 Å². The fourth-order valence-electron chi connectivity index (χ4n) is 3.72. The molecule has 1 aliphatic carbocycles. The Balaban J connectivity index is 1.64. The number of carbonyl (C=O) groups excluding carboxylic acids is 1. The van der Waals surface area contributed by atoms with Crippen LogP contribution >= 0.6 is 0 Å². The molecular formula is C16H26N2O. The lowest BCUT2D eigenvalue weighted by molar-refractivity contribution is 0.159. The Morgan fingerprint density at radius 2 is 1.84 bits per heavy atom. The Labute approximate surface area is 116 Å². The third-order valence-corrected chi connectivity index (χ3v) is 4.94. The average molecular weight is 262 g/mol. The molecule has 0 aromatic rings. The molecule has 3 nitrogen and oxygen atoms in total. The minimum Gasteiger partial charge on any atom is -0.338 e. The highest BCUT2D eigenvalue weighted by Crippen LogP contribution is 2.43. The number of fused-ring (bicyclic) bond motifs is 2. The molecular weight excluding hydrogens is 236 g/mol. The first kappa shape index (κ1) is 13.0. The lowest BCUT2D eigenvalue weighted by Crippen LogP contribution is -2.50. The molecule has 19 heavy (non-hydrogen) atoms. The molecule has 2 amide bonds. The standard InChI is InChI=1S/C16H26N2O/c1-11(2)10-17-16(19)18-14-6-7-15(18)9-13(8-14)12-4-3-5-12/h11,14-15H,3-10H2,1-2H3,(H,17,19). The van der Waals surface area contributed by atoms with Crippen LogP contribution < -0.4 is 5.32 Å². The van der Waals surface area contributed by atoms with Crippen LogP contribution in [0, 0.1) is 5.92 Å². The first-order chi connectivity index (χ1) is 9.15. The molecule has 2 atom stereocenters. The average Bonchev–Trinajstić information content (AvgIpc) is 2.56. The number of hydrogen-bond donors (Lipinski definition) is 1. The Morgan fingerprint density at radius 3 is 2.32 bits per heavy atom. The molecule has 0 radical (unpaired) electrons. The van der Waals surface area contributed by atoms with E-state index in [1.54, 1.807) is 11.1 Å². The van der Waals surface area contributed by atoms with Crippen molar-refractivity contribution >= 4 is 6.03 Å². The van der Waals surface area contributed by atoms with Crippen LogP contribution in [0.4, 0.5) is 4.79 Å². The highest BCUT2D eigenvalue weighted by molar-refractivity contribution is 5.75. The van der Waals surface area contributed by atoms with Gasteiger partial charge in [-0.05, 0) is 50.9 Å². The van der Waals surface area contributed by atoms with Gasteiger partial charge in [-0.1, -0.05) is 25.0 Å². The summed E-state index contributed by atoms with van der Waals surface area (Å²) in [6.45, 7) is 5.08. The van der Waals surface area contributed by atoms with Gasteiger partial charge in [0.15, 0.2) is 0 Å². The molecule has 3 rings (SSSR count). The Morgan fingerprint density at radius 1 is 1.21 bits per heavy atom. The maximum Gasteiger partial charge on any atom is 0.317 e. The second kappa shape index (κ2) is 5.18. The van der Waals surface area contributed by atoms with Crippen molar-refractivity contribution in [2.45, 2.75) is 70.9 Å². The maximum absolute atomic E-state index is 12.3. The molecule has 3 heteroatoms. The largest absolute Gasteiger partial charge is 0.338 e. The van der Waals surface area contributed by atoms with E-state index < -0.39 is 0 Å². The highest BCUT2D eigenvalue weighted by Gasteiger charge is 2.42. The van der Waals surface area contributed by atoms with Crippen molar-refractivity contribution in [2.24, 2.45) is 5.92 Å². The predicted octanol–water partition coefficient (Wildman–Crippen LogP) is 3.46.